The number of anilines is 4. The van der Waals surface area contributed by atoms with E-state index < -0.39 is 0 Å². The van der Waals surface area contributed by atoms with Crippen LogP contribution in [0.25, 0.3) is 22.3 Å². The average molecular weight is 891 g/mol. The molecule has 3 atom stereocenters. The van der Waals surface area contributed by atoms with E-state index in [-0.39, 0.29) is 35.9 Å². The summed E-state index contributed by atoms with van der Waals surface area (Å²) < 4.78 is 20.9. The number of hydrogen-bond donors (Lipinski definition) is 0. The van der Waals surface area contributed by atoms with Crippen LogP contribution in [0.4, 0.5) is 23.0 Å². The van der Waals surface area contributed by atoms with E-state index in [0.717, 1.165) is 96.0 Å². The molecule has 342 valence electrons. The monoisotopic (exact) mass is 890 g/mol. The number of carbonyl (C=O) groups excluding carboxylic acids is 2. The van der Waals surface area contributed by atoms with Gasteiger partial charge in [-0.2, -0.15) is 20.4 Å². The van der Waals surface area contributed by atoms with Gasteiger partial charge in [0.05, 0.1) is 63.5 Å². The van der Waals surface area contributed by atoms with Gasteiger partial charge in [-0.15, -0.1) is 0 Å². The highest BCUT2D eigenvalue weighted by atomic mass is 16.5. The molecule has 66 heavy (non-hydrogen) atoms. The van der Waals surface area contributed by atoms with E-state index >= 15 is 0 Å². The average Bonchev–Trinajstić information content (AvgIpc) is 4.17. The third kappa shape index (κ3) is 6.53. The van der Waals surface area contributed by atoms with E-state index in [0.29, 0.717) is 46.0 Å². The van der Waals surface area contributed by atoms with Crippen molar-refractivity contribution >= 4 is 34.8 Å². The third-order valence-corrected chi connectivity index (χ3v) is 15.7. The summed E-state index contributed by atoms with van der Waals surface area (Å²) in [6.45, 7) is 13.7. The van der Waals surface area contributed by atoms with Gasteiger partial charge in [0.1, 0.15) is 0 Å². The van der Waals surface area contributed by atoms with Crippen molar-refractivity contribution in [1.82, 2.24) is 48.9 Å². The summed E-state index contributed by atoms with van der Waals surface area (Å²) in [5, 5.41) is 20.0. The summed E-state index contributed by atoms with van der Waals surface area (Å²) >= 11 is 0. The normalized spacial score (nSPS) is 21.5. The lowest BCUT2D eigenvalue weighted by atomic mass is 9.82. The summed E-state index contributed by atoms with van der Waals surface area (Å²) in [6, 6.07) is 11.6. The van der Waals surface area contributed by atoms with E-state index in [9.17, 15) is 9.59 Å². The second-order valence-corrected chi connectivity index (χ2v) is 19.3. The van der Waals surface area contributed by atoms with Crippen LogP contribution in [-0.2, 0) is 65.5 Å². The second-order valence-electron chi connectivity index (χ2n) is 19.3. The number of hydrogen-bond acceptors (Lipinski definition) is 10. The van der Waals surface area contributed by atoms with E-state index in [2.05, 4.69) is 79.7 Å². The molecule has 0 radical (unpaired) electrons. The fourth-order valence-electron chi connectivity index (χ4n) is 11.8. The summed E-state index contributed by atoms with van der Waals surface area (Å²) in [4.78, 5) is 34.3. The molecule has 0 bridgehead atoms. The third-order valence-electron chi connectivity index (χ3n) is 15.7. The van der Waals surface area contributed by atoms with Crippen molar-refractivity contribution < 1.29 is 19.1 Å². The number of carbonyl (C=O) groups is 2. The van der Waals surface area contributed by atoms with Crippen molar-refractivity contribution in [3.8, 4) is 22.3 Å². The number of benzene rings is 2. The highest BCUT2D eigenvalue weighted by Crippen LogP contribution is 2.49. The minimum Gasteiger partial charge on any atom is -0.377 e. The van der Waals surface area contributed by atoms with Gasteiger partial charge in [-0.3, -0.25) is 28.3 Å². The molecule has 2 fully saturated rings. The molecule has 0 aliphatic carbocycles. The van der Waals surface area contributed by atoms with Gasteiger partial charge in [-0.25, -0.2) is 0 Å². The van der Waals surface area contributed by atoms with Gasteiger partial charge in [0.2, 0.25) is 11.8 Å². The zero-order valence-corrected chi connectivity index (χ0v) is 38.8. The summed E-state index contributed by atoms with van der Waals surface area (Å²) in [6.07, 6.45) is 10.1. The molecule has 2 amide bonds. The van der Waals surface area contributed by atoms with Gasteiger partial charge in [0.15, 0.2) is 11.6 Å². The van der Waals surface area contributed by atoms with Crippen LogP contribution in [-0.4, -0.2) is 113 Å². The number of aromatic nitrogens is 8. The van der Waals surface area contributed by atoms with Crippen molar-refractivity contribution in [2.45, 2.75) is 97.0 Å². The standard InChI is InChI=1S/C50H58N12O4/c1-29-37(34-21-51-55(5)23-34)8-10-44-38(29)11-17-59(44)49-42-24-57(31(3)63)15-13-46(42)61(53-49)35-20-48(66-28-35)39-12-18-60(45-9-7-33(19-40(39)45)41-22-52-56(6)30(41)2)50-43-25-58(32(4)64)16-14-47(43)62(54-50)36-26-65-27-36/h7-10,19,21-23,35-36,39,48H,11-18,20,24-28H2,1-6H3. The van der Waals surface area contributed by atoms with Gasteiger partial charge in [-0.05, 0) is 79.1 Å². The SMILES string of the molecule is CC(=O)N1CCc2c(c(N3CCC(C4CC(n5nc(N6CCc7c6ccc(-c6cnn(C)c6)c7C)c6c5CCN(C(C)=O)C6)CO4)c4cc(-c5cnn(C)c5C)ccc43)nn2C2COC2)C1. The van der Waals surface area contributed by atoms with Gasteiger partial charge in [0.25, 0.3) is 0 Å². The zero-order valence-electron chi connectivity index (χ0n) is 38.8. The Labute approximate surface area is 384 Å². The first-order valence-electron chi connectivity index (χ1n) is 23.7. The number of rotatable bonds is 7. The van der Waals surface area contributed by atoms with Crippen LogP contribution in [0.15, 0.2) is 48.9 Å². The first kappa shape index (κ1) is 41.2. The predicted octanol–water partition coefficient (Wildman–Crippen LogP) is 6.23. The number of ether oxygens (including phenoxy) is 2. The van der Waals surface area contributed by atoms with Crippen LogP contribution in [0.5, 0.6) is 0 Å². The molecule has 6 aliphatic rings. The number of amides is 2. The molecule has 16 heteroatoms. The zero-order chi connectivity index (χ0) is 45.1. The Hall–Kier alpha value is -6.26. The molecule has 2 aromatic carbocycles. The molecule has 2 saturated heterocycles. The fraction of sp³-hybridized carbons (Fsp3) is 0.480. The quantitative estimate of drug-likeness (QED) is 0.182. The Morgan fingerprint density at radius 3 is 2.00 bits per heavy atom. The van der Waals surface area contributed by atoms with E-state index in [1.807, 2.05) is 45.7 Å². The highest BCUT2D eigenvalue weighted by molar-refractivity contribution is 5.80. The maximum Gasteiger partial charge on any atom is 0.219 e. The molecule has 12 rings (SSSR count). The van der Waals surface area contributed by atoms with Crippen molar-refractivity contribution in [3.63, 3.8) is 0 Å². The van der Waals surface area contributed by atoms with Crippen LogP contribution >= 0.6 is 0 Å². The Kier molecular flexibility index (Phi) is 9.79. The van der Waals surface area contributed by atoms with Gasteiger partial charge in [0, 0.05) is 130 Å². The van der Waals surface area contributed by atoms with Crippen LogP contribution in [0.2, 0.25) is 0 Å². The second kappa shape index (κ2) is 15.7. The number of aryl methyl sites for hydroxylation is 2. The topological polar surface area (TPSA) is 137 Å². The van der Waals surface area contributed by atoms with Gasteiger partial charge < -0.3 is 29.1 Å². The van der Waals surface area contributed by atoms with Crippen molar-refractivity contribution in [2.75, 3.05) is 55.8 Å². The molecule has 4 aromatic heterocycles. The fourth-order valence-corrected chi connectivity index (χ4v) is 11.8. The minimum atomic E-state index is -0.0328. The van der Waals surface area contributed by atoms with Crippen molar-refractivity contribution in [1.29, 1.82) is 0 Å². The largest absolute Gasteiger partial charge is 0.377 e. The molecular formula is C50H58N12O4. The summed E-state index contributed by atoms with van der Waals surface area (Å²) in [5.41, 5.74) is 16.6. The lowest BCUT2D eigenvalue weighted by molar-refractivity contribution is -0.130. The minimum absolute atomic E-state index is 0.0328. The smallest absolute Gasteiger partial charge is 0.219 e. The lowest BCUT2D eigenvalue weighted by Gasteiger charge is -2.38. The van der Waals surface area contributed by atoms with Gasteiger partial charge >= 0.3 is 0 Å². The molecule has 6 aromatic rings. The van der Waals surface area contributed by atoms with Crippen LogP contribution in [0.1, 0.15) is 89.6 Å². The molecule has 0 N–H and O–H groups in total. The lowest BCUT2D eigenvalue weighted by Crippen LogP contribution is -2.37. The van der Waals surface area contributed by atoms with E-state index in [1.54, 1.807) is 13.8 Å². The van der Waals surface area contributed by atoms with Gasteiger partial charge in [-0.1, -0.05) is 12.1 Å². The highest BCUT2D eigenvalue weighted by Gasteiger charge is 2.43. The van der Waals surface area contributed by atoms with Crippen molar-refractivity contribution in [3.05, 3.63) is 93.8 Å². The Morgan fingerprint density at radius 2 is 1.38 bits per heavy atom. The summed E-state index contributed by atoms with van der Waals surface area (Å²) in [5.74, 6) is 2.22. The Morgan fingerprint density at radius 1 is 0.697 bits per heavy atom. The Balaban J connectivity index is 0.894. The molecule has 0 spiro atoms. The Bertz CT molecular complexity index is 2940. The first-order chi connectivity index (χ1) is 32.0. The molecule has 3 unspecified atom stereocenters. The van der Waals surface area contributed by atoms with E-state index in [4.69, 9.17) is 19.7 Å². The first-order valence-corrected chi connectivity index (χ1v) is 23.7. The molecule has 6 aliphatic heterocycles. The molecule has 16 nitrogen and oxygen atoms in total. The van der Waals surface area contributed by atoms with Crippen LogP contribution in [0, 0.1) is 13.8 Å². The number of fused-ring (bicyclic) bond motifs is 4. The van der Waals surface area contributed by atoms with E-state index in [1.165, 1.54) is 39.3 Å². The predicted molar refractivity (Wildman–Crippen MR) is 249 cm³/mol. The van der Waals surface area contributed by atoms with Crippen molar-refractivity contribution in [2.24, 2.45) is 14.1 Å². The van der Waals surface area contributed by atoms with Crippen LogP contribution in [0.3, 0.4) is 0 Å². The maximum atomic E-state index is 12.9. The molecule has 0 saturated carbocycles. The van der Waals surface area contributed by atoms with Crippen LogP contribution < -0.4 is 9.80 Å². The number of nitrogens with zero attached hydrogens (tertiary/aromatic N) is 12. The maximum absolute atomic E-state index is 12.9. The summed E-state index contributed by atoms with van der Waals surface area (Å²) in [7, 11) is 3.95. The molecular weight excluding hydrogens is 833 g/mol. The molecule has 10 heterocycles.